The minimum absolute atomic E-state index is 0.125. The average Bonchev–Trinajstić information content (AvgIpc) is 3.16. The maximum Gasteiger partial charge on any atom is 0.326 e. The fraction of sp³-hybridized carbons (Fsp3) is 0.500. The van der Waals surface area contributed by atoms with Crippen LogP contribution < -0.4 is 10.1 Å². The summed E-state index contributed by atoms with van der Waals surface area (Å²) >= 11 is 0. The number of aliphatic carboxylic acids is 1. The highest BCUT2D eigenvalue weighted by atomic mass is 16.5. The van der Waals surface area contributed by atoms with Crippen LogP contribution in [0.1, 0.15) is 42.1 Å². The lowest BCUT2D eigenvalue weighted by Crippen LogP contribution is -2.41. The summed E-state index contributed by atoms with van der Waals surface area (Å²) < 4.78 is 5.60. The fourth-order valence-electron chi connectivity index (χ4n) is 2.71. The number of rotatable bonds is 5. The summed E-state index contributed by atoms with van der Waals surface area (Å²) in [5, 5.41) is 11.8. The number of benzene rings is 1. The number of carboxylic acid groups (broad SMARTS) is 1. The second-order valence-electron chi connectivity index (χ2n) is 6.00. The monoisotopic (exact) mass is 289 g/mol. The summed E-state index contributed by atoms with van der Waals surface area (Å²) in [6.45, 7) is 1.98. The van der Waals surface area contributed by atoms with Crippen LogP contribution in [-0.4, -0.2) is 29.1 Å². The Balaban J connectivity index is 1.69. The summed E-state index contributed by atoms with van der Waals surface area (Å²) in [4.78, 5) is 23.5. The Bertz CT molecular complexity index is 580. The number of ether oxygens (including phenoxy) is 1. The van der Waals surface area contributed by atoms with Gasteiger partial charge in [-0.2, -0.15) is 0 Å². The van der Waals surface area contributed by atoms with Gasteiger partial charge in [-0.05, 0) is 43.0 Å². The van der Waals surface area contributed by atoms with E-state index in [1.807, 2.05) is 6.92 Å². The first-order valence-electron chi connectivity index (χ1n) is 7.36. The molecule has 2 aliphatic rings. The SMILES string of the molecule is CC1Cc2cc(C(=O)NC(CC3CC3)C(=O)O)ccc2O1. The third kappa shape index (κ3) is 3.17. The zero-order valence-electron chi connectivity index (χ0n) is 12.0. The van der Waals surface area contributed by atoms with Crippen molar-refractivity contribution >= 4 is 11.9 Å². The Morgan fingerprint density at radius 1 is 1.43 bits per heavy atom. The predicted molar refractivity (Wildman–Crippen MR) is 76.5 cm³/mol. The largest absolute Gasteiger partial charge is 0.490 e. The Morgan fingerprint density at radius 3 is 2.86 bits per heavy atom. The quantitative estimate of drug-likeness (QED) is 0.869. The van der Waals surface area contributed by atoms with Gasteiger partial charge in [-0.15, -0.1) is 0 Å². The fourth-order valence-corrected chi connectivity index (χ4v) is 2.71. The normalized spacial score (nSPS) is 21.3. The lowest BCUT2D eigenvalue weighted by molar-refractivity contribution is -0.139. The van der Waals surface area contributed by atoms with Gasteiger partial charge >= 0.3 is 5.97 Å². The molecule has 0 aromatic heterocycles. The minimum Gasteiger partial charge on any atom is -0.490 e. The molecule has 5 heteroatoms. The number of carbonyl (C=O) groups excluding carboxylic acids is 1. The standard InChI is InChI=1S/C16H19NO4/c1-9-6-12-8-11(4-5-14(12)21-9)15(18)17-13(16(19)20)7-10-2-3-10/h4-5,8-10,13H,2-3,6-7H2,1H3,(H,17,18)(H,19,20). The van der Waals surface area contributed by atoms with E-state index in [0.29, 0.717) is 17.9 Å². The molecular formula is C16H19NO4. The number of hydrogen-bond acceptors (Lipinski definition) is 3. The number of hydrogen-bond donors (Lipinski definition) is 2. The molecule has 0 bridgehead atoms. The van der Waals surface area contributed by atoms with E-state index < -0.39 is 12.0 Å². The van der Waals surface area contributed by atoms with Gasteiger partial charge in [0.2, 0.25) is 0 Å². The average molecular weight is 289 g/mol. The van der Waals surface area contributed by atoms with Crippen LogP contribution in [0.2, 0.25) is 0 Å². The van der Waals surface area contributed by atoms with Gasteiger partial charge in [-0.25, -0.2) is 4.79 Å². The smallest absolute Gasteiger partial charge is 0.326 e. The van der Waals surface area contributed by atoms with Crippen molar-refractivity contribution in [3.8, 4) is 5.75 Å². The van der Waals surface area contributed by atoms with E-state index in [2.05, 4.69) is 5.32 Å². The molecule has 1 heterocycles. The predicted octanol–water partition coefficient (Wildman–Crippen LogP) is 1.99. The number of nitrogens with one attached hydrogen (secondary N) is 1. The molecule has 0 radical (unpaired) electrons. The number of carboxylic acids is 1. The number of carbonyl (C=O) groups is 2. The van der Waals surface area contributed by atoms with Crippen LogP contribution in [0, 0.1) is 5.92 Å². The van der Waals surface area contributed by atoms with Gasteiger partial charge in [0, 0.05) is 12.0 Å². The van der Waals surface area contributed by atoms with Crippen LogP contribution >= 0.6 is 0 Å². The van der Waals surface area contributed by atoms with E-state index in [0.717, 1.165) is 30.6 Å². The molecular weight excluding hydrogens is 270 g/mol. The van der Waals surface area contributed by atoms with Gasteiger partial charge in [-0.3, -0.25) is 4.79 Å². The number of fused-ring (bicyclic) bond motifs is 1. The van der Waals surface area contributed by atoms with Gasteiger partial charge < -0.3 is 15.2 Å². The van der Waals surface area contributed by atoms with Gasteiger partial charge in [0.25, 0.3) is 5.91 Å². The molecule has 0 spiro atoms. The van der Waals surface area contributed by atoms with E-state index in [9.17, 15) is 14.7 Å². The van der Waals surface area contributed by atoms with Crippen LogP contribution in [-0.2, 0) is 11.2 Å². The first-order chi connectivity index (χ1) is 10.0. The topological polar surface area (TPSA) is 75.6 Å². The summed E-state index contributed by atoms with van der Waals surface area (Å²) in [6.07, 6.45) is 3.55. The highest BCUT2D eigenvalue weighted by Gasteiger charge is 2.30. The molecule has 2 unspecified atom stereocenters. The van der Waals surface area contributed by atoms with Crippen LogP contribution in [0.3, 0.4) is 0 Å². The van der Waals surface area contributed by atoms with Crippen molar-refractivity contribution in [2.45, 2.75) is 44.8 Å². The Labute approximate surface area is 123 Å². The molecule has 5 nitrogen and oxygen atoms in total. The summed E-state index contributed by atoms with van der Waals surface area (Å²) in [7, 11) is 0. The lowest BCUT2D eigenvalue weighted by atomic mass is 10.1. The molecule has 0 saturated heterocycles. The van der Waals surface area contributed by atoms with Crippen LogP contribution in [0.5, 0.6) is 5.75 Å². The highest BCUT2D eigenvalue weighted by Crippen LogP contribution is 2.34. The summed E-state index contributed by atoms with van der Waals surface area (Å²) in [6, 6.07) is 4.46. The second-order valence-corrected chi connectivity index (χ2v) is 6.00. The molecule has 2 atom stereocenters. The molecule has 1 saturated carbocycles. The molecule has 1 amide bonds. The molecule has 112 valence electrons. The molecule has 21 heavy (non-hydrogen) atoms. The molecule has 1 fully saturated rings. The van der Waals surface area contributed by atoms with E-state index in [4.69, 9.17) is 4.74 Å². The van der Waals surface area contributed by atoms with Crippen molar-refractivity contribution < 1.29 is 19.4 Å². The Hall–Kier alpha value is -2.04. The van der Waals surface area contributed by atoms with Gasteiger partial charge in [0.15, 0.2) is 0 Å². The Morgan fingerprint density at radius 2 is 2.19 bits per heavy atom. The molecule has 1 aromatic carbocycles. The number of amides is 1. The van der Waals surface area contributed by atoms with Crippen LogP contribution in [0.4, 0.5) is 0 Å². The zero-order chi connectivity index (χ0) is 15.0. The maximum atomic E-state index is 12.2. The summed E-state index contributed by atoms with van der Waals surface area (Å²) in [5.41, 5.74) is 1.50. The molecule has 2 N–H and O–H groups in total. The first-order valence-corrected chi connectivity index (χ1v) is 7.36. The highest BCUT2D eigenvalue weighted by molar-refractivity contribution is 5.97. The molecule has 1 aliphatic carbocycles. The summed E-state index contributed by atoms with van der Waals surface area (Å²) in [5.74, 6) is -0.0359. The molecule has 1 aromatic rings. The van der Waals surface area contributed by atoms with Crippen molar-refractivity contribution in [3.63, 3.8) is 0 Å². The van der Waals surface area contributed by atoms with Gasteiger partial charge in [0.05, 0.1) is 0 Å². The first kappa shape index (κ1) is 13.9. The second kappa shape index (κ2) is 5.39. The molecule has 3 rings (SSSR count). The van der Waals surface area contributed by atoms with Gasteiger partial charge in [-0.1, -0.05) is 12.8 Å². The van der Waals surface area contributed by atoms with Crippen molar-refractivity contribution in [3.05, 3.63) is 29.3 Å². The van der Waals surface area contributed by atoms with Crippen molar-refractivity contribution in [2.24, 2.45) is 5.92 Å². The third-order valence-corrected chi connectivity index (χ3v) is 4.03. The lowest BCUT2D eigenvalue weighted by Gasteiger charge is -2.14. The van der Waals surface area contributed by atoms with Crippen LogP contribution in [0.25, 0.3) is 0 Å². The third-order valence-electron chi connectivity index (χ3n) is 4.03. The minimum atomic E-state index is -0.964. The van der Waals surface area contributed by atoms with E-state index in [-0.39, 0.29) is 12.0 Å². The van der Waals surface area contributed by atoms with E-state index in [1.54, 1.807) is 18.2 Å². The van der Waals surface area contributed by atoms with E-state index >= 15 is 0 Å². The van der Waals surface area contributed by atoms with Crippen molar-refractivity contribution in [2.75, 3.05) is 0 Å². The van der Waals surface area contributed by atoms with Crippen molar-refractivity contribution in [1.29, 1.82) is 0 Å². The van der Waals surface area contributed by atoms with E-state index in [1.165, 1.54) is 0 Å². The van der Waals surface area contributed by atoms with Crippen molar-refractivity contribution in [1.82, 2.24) is 5.32 Å². The Kier molecular flexibility index (Phi) is 3.57. The zero-order valence-corrected chi connectivity index (χ0v) is 12.0. The maximum absolute atomic E-state index is 12.2. The van der Waals surface area contributed by atoms with Gasteiger partial charge in [0.1, 0.15) is 17.9 Å². The van der Waals surface area contributed by atoms with Crippen LogP contribution in [0.15, 0.2) is 18.2 Å². The molecule has 1 aliphatic heterocycles.